The van der Waals surface area contributed by atoms with Gasteiger partial charge in [-0.05, 0) is 55.5 Å². The molecule has 0 heterocycles. The van der Waals surface area contributed by atoms with E-state index in [1.165, 1.54) is 4.90 Å². The van der Waals surface area contributed by atoms with E-state index in [1.807, 2.05) is 64.1 Å². The zero-order valence-electron chi connectivity index (χ0n) is 18.4. The Balaban J connectivity index is 2.18. The van der Waals surface area contributed by atoms with Crippen LogP contribution in [0.3, 0.4) is 0 Å². The summed E-state index contributed by atoms with van der Waals surface area (Å²) in [5.74, 6) is 0.512. The van der Waals surface area contributed by atoms with E-state index in [0.29, 0.717) is 23.2 Å². The summed E-state index contributed by atoms with van der Waals surface area (Å²) in [4.78, 5) is 27.3. The Morgan fingerprint density at radius 1 is 1.10 bits per heavy atom. The Morgan fingerprint density at radius 3 is 2.47 bits per heavy atom. The number of hydrogen-bond donors (Lipinski definition) is 1. The second-order valence-electron chi connectivity index (χ2n) is 7.99. The highest BCUT2D eigenvalue weighted by molar-refractivity contribution is 6.31. The van der Waals surface area contributed by atoms with Crippen molar-refractivity contribution in [1.29, 1.82) is 0 Å². The number of benzene rings is 2. The summed E-state index contributed by atoms with van der Waals surface area (Å²) in [6.07, 6.45) is 0. The molecular weight excluding hydrogens is 400 g/mol. The first-order valence-corrected chi connectivity index (χ1v) is 10.6. The zero-order chi connectivity index (χ0) is 22.3. The molecule has 0 spiro atoms. The summed E-state index contributed by atoms with van der Waals surface area (Å²) >= 11 is 6.30. The van der Waals surface area contributed by atoms with Gasteiger partial charge in [-0.1, -0.05) is 55.8 Å². The molecule has 0 unspecified atom stereocenters. The number of amides is 2. The molecule has 0 aliphatic heterocycles. The molecule has 2 amide bonds. The van der Waals surface area contributed by atoms with E-state index in [1.54, 1.807) is 13.0 Å². The monoisotopic (exact) mass is 430 g/mol. The zero-order valence-corrected chi connectivity index (χ0v) is 19.1. The number of hydrogen-bond acceptors (Lipinski definition) is 3. The first-order valence-electron chi connectivity index (χ1n) is 10.2. The summed E-state index contributed by atoms with van der Waals surface area (Å²) in [6, 6.07) is 12.5. The maximum absolute atomic E-state index is 13.1. The molecule has 0 bridgehead atoms. The smallest absolute Gasteiger partial charge is 0.261 e. The lowest BCUT2D eigenvalue weighted by atomic mass is 10.1. The first-order chi connectivity index (χ1) is 14.2. The number of halogens is 1. The van der Waals surface area contributed by atoms with Gasteiger partial charge in [0.05, 0.1) is 0 Å². The summed E-state index contributed by atoms with van der Waals surface area (Å²) in [5, 5.41) is 3.46. The third-order valence-corrected chi connectivity index (χ3v) is 5.21. The predicted octanol–water partition coefficient (Wildman–Crippen LogP) is 4.53. The molecule has 0 aliphatic carbocycles. The number of aryl methyl sites for hydroxylation is 2. The van der Waals surface area contributed by atoms with Crippen LogP contribution in [0, 0.1) is 19.8 Å². The van der Waals surface area contributed by atoms with E-state index in [-0.39, 0.29) is 25.0 Å². The Hall–Kier alpha value is -2.53. The van der Waals surface area contributed by atoms with Gasteiger partial charge >= 0.3 is 0 Å². The highest BCUT2D eigenvalue weighted by Gasteiger charge is 2.27. The third kappa shape index (κ3) is 6.77. The fourth-order valence-corrected chi connectivity index (χ4v) is 3.13. The predicted molar refractivity (Wildman–Crippen MR) is 121 cm³/mol. The van der Waals surface area contributed by atoms with E-state index in [4.69, 9.17) is 16.3 Å². The van der Waals surface area contributed by atoms with Crippen molar-refractivity contribution in [3.05, 3.63) is 64.2 Å². The highest BCUT2D eigenvalue weighted by atomic mass is 35.5. The van der Waals surface area contributed by atoms with Gasteiger partial charge in [-0.25, -0.2) is 0 Å². The summed E-state index contributed by atoms with van der Waals surface area (Å²) in [6.45, 7) is 10.3. The van der Waals surface area contributed by atoms with Crippen LogP contribution in [0.15, 0.2) is 42.5 Å². The van der Waals surface area contributed by atoms with Gasteiger partial charge in [-0.3, -0.25) is 9.59 Å². The van der Waals surface area contributed by atoms with Crippen LogP contribution in [0.5, 0.6) is 5.75 Å². The number of carbonyl (C=O) groups is 2. The molecule has 162 valence electrons. The lowest BCUT2D eigenvalue weighted by molar-refractivity contribution is -0.142. The van der Waals surface area contributed by atoms with E-state index < -0.39 is 6.04 Å². The van der Waals surface area contributed by atoms with Gasteiger partial charge in [-0.2, -0.15) is 0 Å². The van der Waals surface area contributed by atoms with Crippen molar-refractivity contribution in [3.8, 4) is 5.75 Å². The number of carbonyl (C=O) groups excluding carboxylic acids is 2. The quantitative estimate of drug-likeness (QED) is 0.636. The minimum Gasteiger partial charge on any atom is -0.483 e. The van der Waals surface area contributed by atoms with Crippen LogP contribution in [0.2, 0.25) is 5.02 Å². The van der Waals surface area contributed by atoms with Crippen molar-refractivity contribution in [1.82, 2.24) is 10.2 Å². The van der Waals surface area contributed by atoms with Gasteiger partial charge in [-0.15, -0.1) is 0 Å². The highest BCUT2D eigenvalue weighted by Crippen LogP contribution is 2.21. The van der Waals surface area contributed by atoms with Crippen molar-refractivity contribution < 1.29 is 14.3 Å². The maximum Gasteiger partial charge on any atom is 0.261 e. The Morgan fingerprint density at radius 2 is 1.80 bits per heavy atom. The summed E-state index contributed by atoms with van der Waals surface area (Å²) in [5.41, 5.74) is 2.79. The Bertz CT molecular complexity index is 883. The van der Waals surface area contributed by atoms with E-state index >= 15 is 0 Å². The number of nitrogens with one attached hydrogen (secondary N) is 1. The molecule has 0 saturated heterocycles. The number of rotatable bonds is 9. The molecule has 2 rings (SSSR count). The molecular formula is C24H31ClN2O3. The van der Waals surface area contributed by atoms with Gasteiger partial charge in [0.1, 0.15) is 11.8 Å². The standard InChI is InChI=1S/C24H31ClN2O3/c1-16(2)13-26-24(29)19(5)27(14-20-8-6-7-9-21(20)25)23(28)15-30-22-12-17(3)10-11-18(22)4/h6-12,16,19H,13-15H2,1-5H3,(H,26,29)/t19-/m0/s1. The van der Waals surface area contributed by atoms with Crippen LogP contribution < -0.4 is 10.1 Å². The first kappa shape index (κ1) is 23.7. The minimum absolute atomic E-state index is 0.156. The van der Waals surface area contributed by atoms with Crippen molar-refractivity contribution in [3.63, 3.8) is 0 Å². The number of ether oxygens (including phenoxy) is 1. The molecule has 0 saturated carbocycles. The van der Waals surface area contributed by atoms with Crippen LogP contribution in [-0.2, 0) is 16.1 Å². The van der Waals surface area contributed by atoms with Crippen LogP contribution in [0.1, 0.15) is 37.5 Å². The van der Waals surface area contributed by atoms with Gasteiger partial charge in [0.2, 0.25) is 5.91 Å². The molecule has 6 heteroatoms. The van der Waals surface area contributed by atoms with Crippen LogP contribution in [-0.4, -0.2) is 35.9 Å². The molecule has 2 aromatic rings. The second kappa shape index (κ2) is 11.0. The Labute approximate surface area is 184 Å². The van der Waals surface area contributed by atoms with Crippen LogP contribution in [0.4, 0.5) is 0 Å². The van der Waals surface area contributed by atoms with Gasteiger partial charge in [0, 0.05) is 18.1 Å². The maximum atomic E-state index is 13.1. The fourth-order valence-electron chi connectivity index (χ4n) is 2.93. The van der Waals surface area contributed by atoms with E-state index in [0.717, 1.165) is 16.7 Å². The molecule has 2 aromatic carbocycles. The molecule has 5 nitrogen and oxygen atoms in total. The fraction of sp³-hybridized carbons (Fsp3) is 0.417. The molecule has 0 aromatic heterocycles. The van der Waals surface area contributed by atoms with Gasteiger partial charge in [0.15, 0.2) is 6.61 Å². The normalized spacial score (nSPS) is 11.8. The third-order valence-electron chi connectivity index (χ3n) is 4.85. The summed E-state index contributed by atoms with van der Waals surface area (Å²) < 4.78 is 5.80. The van der Waals surface area contributed by atoms with Crippen molar-refractivity contribution >= 4 is 23.4 Å². The topological polar surface area (TPSA) is 58.6 Å². The SMILES string of the molecule is Cc1ccc(C)c(OCC(=O)N(Cc2ccccc2Cl)[C@@H](C)C(=O)NCC(C)C)c1. The van der Waals surface area contributed by atoms with E-state index in [2.05, 4.69) is 5.32 Å². The molecule has 0 aliphatic rings. The lowest BCUT2D eigenvalue weighted by Gasteiger charge is -2.29. The van der Waals surface area contributed by atoms with Gasteiger partial charge in [0.25, 0.3) is 5.91 Å². The lowest BCUT2D eigenvalue weighted by Crippen LogP contribution is -2.49. The Kier molecular flexibility index (Phi) is 8.72. The van der Waals surface area contributed by atoms with Crippen molar-refractivity contribution in [2.75, 3.05) is 13.2 Å². The minimum atomic E-state index is -0.658. The molecule has 0 fully saturated rings. The second-order valence-corrected chi connectivity index (χ2v) is 8.39. The molecule has 30 heavy (non-hydrogen) atoms. The van der Waals surface area contributed by atoms with Crippen molar-refractivity contribution in [2.45, 2.75) is 47.2 Å². The average Bonchev–Trinajstić information content (AvgIpc) is 2.71. The molecule has 1 N–H and O–H groups in total. The van der Waals surface area contributed by atoms with Crippen LogP contribution in [0.25, 0.3) is 0 Å². The molecule has 0 radical (unpaired) electrons. The average molecular weight is 431 g/mol. The van der Waals surface area contributed by atoms with Crippen molar-refractivity contribution in [2.24, 2.45) is 5.92 Å². The van der Waals surface area contributed by atoms with E-state index in [9.17, 15) is 9.59 Å². The number of nitrogens with zero attached hydrogens (tertiary/aromatic N) is 1. The summed E-state index contributed by atoms with van der Waals surface area (Å²) in [7, 11) is 0. The largest absolute Gasteiger partial charge is 0.483 e. The van der Waals surface area contributed by atoms with Crippen LogP contribution >= 0.6 is 11.6 Å². The van der Waals surface area contributed by atoms with Gasteiger partial charge < -0.3 is 15.0 Å². The molecule has 1 atom stereocenters.